The standard InChI is InChI=1S/C26H24N2O4/c1-18-5-4-6-22(13-18)28-26(29)17-32-24-12-7-19(15-25(24)31-3)14-21(16-27)20-8-10-23(30-2)11-9-20/h4-15H,17H2,1-3H3,(H,28,29)/b21-14+. The molecule has 0 aliphatic carbocycles. The lowest BCUT2D eigenvalue weighted by Gasteiger charge is -2.12. The summed E-state index contributed by atoms with van der Waals surface area (Å²) in [4.78, 5) is 12.2. The summed E-state index contributed by atoms with van der Waals surface area (Å²) in [6.45, 7) is 1.80. The molecule has 0 aromatic heterocycles. The molecule has 3 aromatic carbocycles. The fourth-order valence-corrected chi connectivity index (χ4v) is 3.07. The number of hydrogen-bond acceptors (Lipinski definition) is 5. The van der Waals surface area contributed by atoms with Crippen LogP contribution in [0.15, 0.2) is 66.7 Å². The van der Waals surface area contributed by atoms with E-state index in [0.29, 0.717) is 22.8 Å². The van der Waals surface area contributed by atoms with E-state index >= 15 is 0 Å². The van der Waals surface area contributed by atoms with Crippen LogP contribution in [0, 0.1) is 18.3 Å². The molecule has 32 heavy (non-hydrogen) atoms. The normalized spacial score (nSPS) is 10.8. The van der Waals surface area contributed by atoms with Crippen molar-refractivity contribution in [2.24, 2.45) is 0 Å². The van der Waals surface area contributed by atoms with Crippen LogP contribution in [0.4, 0.5) is 5.69 Å². The number of carbonyl (C=O) groups excluding carboxylic acids is 1. The maximum Gasteiger partial charge on any atom is 0.262 e. The van der Waals surface area contributed by atoms with E-state index in [9.17, 15) is 10.1 Å². The van der Waals surface area contributed by atoms with E-state index in [0.717, 1.165) is 22.4 Å². The summed E-state index contributed by atoms with van der Waals surface area (Å²) in [7, 11) is 3.12. The number of amides is 1. The minimum Gasteiger partial charge on any atom is -0.497 e. The number of benzene rings is 3. The van der Waals surface area contributed by atoms with Gasteiger partial charge in [-0.25, -0.2) is 0 Å². The van der Waals surface area contributed by atoms with Crippen molar-refractivity contribution in [2.75, 3.05) is 26.1 Å². The van der Waals surface area contributed by atoms with Crippen LogP contribution >= 0.6 is 0 Å². The zero-order chi connectivity index (χ0) is 22.9. The van der Waals surface area contributed by atoms with Gasteiger partial charge in [-0.2, -0.15) is 5.26 Å². The van der Waals surface area contributed by atoms with Gasteiger partial charge in [0.2, 0.25) is 0 Å². The molecular formula is C26H24N2O4. The number of carbonyl (C=O) groups is 1. The number of methoxy groups -OCH3 is 2. The summed E-state index contributed by atoms with van der Waals surface area (Å²) in [6.07, 6.45) is 1.76. The van der Waals surface area contributed by atoms with Gasteiger partial charge in [0.15, 0.2) is 18.1 Å². The number of aryl methyl sites for hydroxylation is 1. The van der Waals surface area contributed by atoms with Crippen LogP contribution in [0.2, 0.25) is 0 Å². The number of nitriles is 1. The van der Waals surface area contributed by atoms with Crippen LogP contribution in [0.3, 0.4) is 0 Å². The number of ether oxygens (including phenoxy) is 3. The van der Waals surface area contributed by atoms with Crippen molar-refractivity contribution < 1.29 is 19.0 Å². The SMILES string of the molecule is COc1ccc(/C(C#N)=C/c2ccc(OCC(=O)Nc3cccc(C)c3)c(OC)c2)cc1. The van der Waals surface area contributed by atoms with Crippen LogP contribution in [0.5, 0.6) is 17.2 Å². The first-order valence-corrected chi connectivity index (χ1v) is 9.96. The molecule has 1 N–H and O–H groups in total. The summed E-state index contributed by atoms with van der Waals surface area (Å²) >= 11 is 0. The number of hydrogen-bond donors (Lipinski definition) is 1. The van der Waals surface area contributed by atoms with E-state index in [2.05, 4.69) is 11.4 Å². The highest BCUT2D eigenvalue weighted by molar-refractivity contribution is 5.92. The third-order valence-electron chi connectivity index (χ3n) is 4.68. The molecule has 0 bridgehead atoms. The van der Waals surface area contributed by atoms with E-state index in [1.807, 2.05) is 43.3 Å². The van der Waals surface area contributed by atoms with Gasteiger partial charge in [0, 0.05) is 5.69 Å². The lowest BCUT2D eigenvalue weighted by atomic mass is 10.0. The lowest BCUT2D eigenvalue weighted by Crippen LogP contribution is -2.20. The summed E-state index contributed by atoms with van der Waals surface area (Å²) in [5.74, 6) is 1.36. The second-order valence-corrected chi connectivity index (χ2v) is 7.01. The molecule has 0 spiro atoms. The van der Waals surface area contributed by atoms with Crippen LogP contribution in [-0.2, 0) is 4.79 Å². The van der Waals surface area contributed by atoms with Crippen molar-refractivity contribution in [3.63, 3.8) is 0 Å². The van der Waals surface area contributed by atoms with Crippen molar-refractivity contribution in [1.82, 2.24) is 0 Å². The summed E-state index contributed by atoms with van der Waals surface area (Å²) < 4.78 is 16.2. The van der Waals surface area contributed by atoms with E-state index in [1.165, 1.54) is 7.11 Å². The highest BCUT2D eigenvalue weighted by Crippen LogP contribution is 2.30. The Morgan fingerprint density at radius 1 is 1.00 bits per heavy atom. The Morgan fingerprint density at radius 2 is 1.78 bits per heavy atom. The second-order valence-electron chi connectivity index (χ2n) is 7.01. The summed E-state index contributed by atoms with van der Waals surface area (Å²) in [5.41, 5.74) is 3.82. The van der Waals surface area contributed by atoms with Gasteiger partial charge in [-0.3, -0.25) is 4.79 Å². The van der Waals surface area contributed by atoms with Crippen LogP contribution < -0.4 is 19.5 Å². The Bertz CT molecular complexity index is 1160. The van der Waals surface area contributed by atoms with Crippen molar-refractivity contribution in [1.29, 1.82) is 5.26 Å². The molecule has 6 heteroatoms. The van der Waals surface area contributed by atoms with Gasteiger partial charge in [0.05, 0.1) is 25.9 Å². The number of rotatable bonds is 8. The topological polar surface area (TPSA) is 80.6 Å². The van der Waals surface area contributed by atoms with Crippen LogP contribution in [0.25, 0.3) is 11.6 Å². The Labute approximate surface area is 187 Å². The molecule has 0 radical (unpaired) electrons. The molecule has 0 saturated carbocycles. The van der Waals surface area contributed by atoms with Gasteiger partial charge < -0.3 is 19.5 Å². The number of anilines is 1. The zero-order valence-electron chi connectivity index (χ0n) is 18.2. The van der Waals surface area contributed by atoms with E-state index < -0.39 is 0 Å². The monoisotopic (exact) mass is 428 g/mol. The molecule has 3 aromatic rings. The zero-order valence-corrected chi connectivity index (χ0v) is 18.2. The van der Waals surface area contributed by atoms with Gasteiger partial charge in [-0.05, 0) is 78.2 Å². The highest BCUT2D eigenvalue weighted by Gasteiger charge is 2.10. The second kappa shape index (κ2) is 10.7. The maximum atomic E-state index is 12.2. The smallest absolute Gasteiger partial charge is 0.262 e. The Morgan fingerprint density at radius 3 is 2.44 bits per heavy atom. The molecule has 0 aliphatic rings. The average Bonchev–Trinajstić information content (AvgIpc) is 2.81. The molecule has 3 rings (SSSR count). The molecular weight excluding hydrogens is 404 g/mol. The molecule has 0 fully saturated rings. The van der Waals surface area contributed by atoms with E-state index in [-0.39, 0.29) is 12.5 Å². The van der Waals surface area contributed by atoms with Gasteiger partial charge in [-0.15, -0.1) is 0 Å². The molecule has 0 atom stereocenters. The minimum absolute atomic E-state index is 0.158. The highest BCUT2D eigenvalue weighted by atomic mass is 16.5. The Hall–Kier alpha value is -4.24. The number of nitrogens with zero attached hydrogens (tertiary/aromatic N) is 1. The van der Waals surface area contributed by atoms with E-state index in [1.54, 1.807) is 43.5 Å². The fraction of sp³-hybridized carbons (Fsp3) is 0.154. The van der Waals surface area contributed by atoms with Gasteiger partial charge in [0.1, 0.15) is 5.75 Å². The quantitative estimate of drug-likeness (QED) is 0.399. The summed E-state index contributed by atoms with van der Waals surface area (Å²) in [6, 6.07) is 22.3. The molecule has 0 heterocycles. The maximum absolute atomic E-state index is 12.2. The molecule has 162 valence electrons. The average molecular weight is 428 g/mol. The number of nitrogens with one attached hydrogen (secondary N) is 1. The first-order valence-electron chi connectivity index (χ1n) is 9.96. The first-order chi connectivity index (χ1) is 15.5. The molecule has 6 nitrogen and oxygen atoms in total. The Kier molecular flexibility index (Phi) is 7.50. The fourth-order valence-electron chi connectivity index (χ4n) is 3.07. The van der Waals surface area contributed by atoms with Gasteiger partial charge >= 0.3 is 0 Å². The Balaban J connectivity index is 1.71. The van der Waals surface area contributed by atoms with Crippen molar-refractivity contribution >= 4 is 23.2 Å². The van der Waals surface area contributed by atoms with Crippen molar-refractivity contribution in [3.05, 3.63) is 83.4 Å². The minimum atomic E-state index is -0.270. The van der Waals surface area contributed by atoms with Crippen LogP contribution in [-0.4, -0.2) is 26.7 Å². The molecule has 1 amide bonds. The largest absolute Gasteiger partial charge is 0.497 e. The first kappa shape index (κ1) is 22.4. The van der Waals surface area contributed by atoms with Gasteiger partial charge in [-0.1, -0.05) is 18.2 Å². The molecule has 0 saturated heterocycles. The van der Waals surface area contributed by atoms with Crippen LogP contribution in [0.1, 0.15) is 16.7 Å². The third kappa shape index (κ3) is 5.89. The predicted octanol–water partition coefficient (Wildman–Crippen LogP) is 5.09. The third-order valence-corrected chi connectivity index (χ3v) is 4.68. The van der Waals surface area contributed by atoms with Gasteiger partial charge in [0.25, 0.3) is 5.91 Å². The predicted molar refractivity (Wildman–Crippen MR) is 125 cm³/mol. The lowest BCUT2D eigenvalue weighted by molar-refractivity contribution is -0.118. The summed E-state index contributed by atoms with van der Waals surface area (Å²) in [5, 5.41) is 12.4. The molecule has 0 unspecified atom stereocenters. The van der Waals surface area contributed by atoms with E-state index in [4.69, 9.17) is 14.2 Å². The molecule has 0 aliphatic heterocycles. The number of allylic oxidation sites excluding steroid dienone is 1. The van der Waals surface area contributed by atoms with Crippen molar-refractivity contribution in [2.45, 2.75) is 6.92 Å². The van der Waals surface area contributed by atoms with Crippen molar-refractivity contribution in [3.8, 4) is 23.3 Å².